The van der Waals surface area contributed by atoms with Crippen LogP contribution in [0.1, 0.15) is 16.8 Å². The van der Waals surface area contributed by atoms with Crippen molar-refractivity contribution in [2.75, 3.05) is 13.7 Å². The van der Waals surface area contributed by atoms with Crippen LogP contribution < -0.4 is 4.74 Å². The van der Waals surface area contributed by atoms with Crippen molar-refractivity contribution < 1.29 is 28.9 Å². The van der Waals surface area contributed by atoms with E-state index in [1.807, 2.05) is 0 Å². The predicted octanol–water partition coefficient (Wildman–Crippen LogP) is 0.494. The molecule has 108 valence electrons. The van der Waals surface area contributed by atoms with Crippen molar-refractivity contribution in [1.29, 1.82) is 0 Å². The second-order valence-electron chi connectivity index (χ2n) is 4.55. The van der Waals surface area contributed by atoms with Gasteiger partial charge in [0.2, 0.25) is 0 Å². The highest BCUT2D eigenvalue weighted by molar-refractivity contribution is 5.97. The highest BCUT2D eigenvalue weighted by Gasteiger charge is 2.39. The molecular formula is C13H14FNO5. The SMILES string of the molecule is COc1ccc(C(=O)N2C[C@H](O)C[C@H]2C(=O)O)cc1F. The molecule has 0 aliphatic carbocycles. The fraction of sp³-hybridized carbons (Fsp3) is 0.385. The fourth-order valence-electron chi connectivity index (χ4n) is 2.24. The number of methoxy groups -OCH3 is 1. The highest BCUT2D eigenvalue weighted by atomic mass is 19.1. The first-order valence-corrected chi connectivity index (χ1v) is 5.99. The number of aliphatic hydroxyl groups is 1. The number of halogens is 1. The first kappa shape index (κ1) is 14.3. The second kappa shape index (κ2) is 5.46. The van der Waals surface area contributed by atoms with Gasteiger partial charge < -0.3 is 19.8 Å². The number of ether oxygens (including phenoxy) is 1. The van der Waals surface area contributed by atoms with Gasteiger partial charge >= 0.3 is 5.97 Å². The molecule has 2 rings (SSSR count). The Hall–Kier alpha value is -2.15. The molecule has 1 aromatic carbocycles. The van der Waals surface area contributed by atoms with E-state index in [1.54, 1.807) is 0 Å². The van der Waals surface area contributed by atoms with Crippen LogP contribution in [0.5, 0.6) is 5.75 Å². The van der Waals surface area contributed by atoms with Gasteiger partial charge in [0.05, 0.1) is 13.2 Å². The lowest BCUT2D eigenvalue weighted by Crippen LogP contribution is -2.40. The molecule has 0 unspecified atom stereocenters. The average molecular weight is 283 g/mol. The number of carbonyl (C=O) groups is 2. The van der Waals surface area contributed by atoms with Crippen molar-refractivity contribution in [1.82, 2.24) is 4.90 Å². The van der Waals surface area contributed by atoms with Crippen molar-refractivity contribution in [2.45, 2.75) is 18.6 Å². The monoisotopic (exact) mass is 283 g/mol. The topological polar surface area (TPSA) is 87.1 Å². The lowest BCUT2D eigenvalue weighted by atomic mass is 10.1. The predicted molar refractivity (Wildman–Crippen MR) is 66.0 cm³/mol. The van der Waals surface area contributed by atoms with Gasteiger partial charge in [-0.15, -0.1) is 0 Å². The summed E-state index contributed by atoms with van der Waals surface area (Å²) in [5, 5.41) is 18.5. The van der Waals surface area contributed by atoms with Gasteiger partial charge in [0.15, 0.2) is 11.6 Å². The number of hydrogen-bond donors (Lipinski definition) is 2. The summed E-state index contributed by atoms with van der Waals surface area (Å²) < 4.78 is 18.3. The Morgan fingerprint density at radius 2 is 2.15 bits per heavy atom. The molecule has 1 heterocycles. The number of aliphatic hydroxyl groups excluding tert-OH is 1. The summed E-state index contributed by atoms with van der Waals surface area (Å²) in [6.45, 7) is -0.0799. The summed E-state index contributed by atoms with van der Waals surface area (Å²) in [5.41, 5.74) is 0.0173. The number of amides is 1. The van der Waals surface area contributed by atoms with Gasteiger partial charge in [-0.2, -0.15) is 0 Å². The van der Waals surface area contributed by atoms with Gasteiger partial charge in [0.1, 0.15) is 6.04 Å². The highest BCUT2D eigenvalue weighted by Crippen LogP contribution is 2.23. The van der Waals surface area contributed by atoms with Crippen LogP contribution in [-0.2, 0) is 4.79 Å². The number of nitrogens with zero attached hydrogens (tertiary/aromatic N) is 1. The number of β-amino-alcohol motifs (C(OH)–C–C–N with tert-alkyl or cyclic N) is 1. The third kappa shape index (κ3) is 2.57. The molecule has 7 heteroatoms. The zero-order chi connectivity index (χ0) is 14.9. The van der Waals surface area contributed by atoms with Crippen LogP contribution in [-0.4, -0.2) is 52.8 Å². The maximum absolute atomic E-state index is 13.6. The van der Waals surface area contributed by atoms with Crippen molar-refractivity contribution >= 4 is 11.9 Å². The molecule has 2 atom stereocenters. The van der Waals surface area contributed by atoms with E-state index in [4.69, 9.17) is 9.84 Å². The Kier molecular flexibility index (Phi) is 3.89. The van der Waals surface area contributed by atoms with E-state index in [0.29, 0.717) is 0 Å². The molecule has 0 spiro atoms. The standard InChI is InChI=1S/C13H14FNO5/c1-20-11-3-2-7(4-9(11)14)12(17)15-6-8(16)5-10(15)13(18)19/h2-4,8,10,16H,5-6H2,1H3,(H,18,19)/t8-,10+/m1/s1. The minimum atomic E-state index is -1.19. The first-order valence-electron chi connectivity index (χ1n) is 5.99. The molecule has 0 bridgehead atoms. The van der Waals surface area contributed by atoms with E-state index in [-0.39, 0.29) is 24.3 Å². The minimum Gasteiger partial charge on any atom is -0.494 e. The second-order valence-corrected chi connectivity index (χ2v) is 4.55. The molecule has 6 nitrogen and oxygen atoms in total. The van der Waals surface area contributed by atoms with Gasteiger partial charge in [-0.3, -0.25) is 4.79 Å². The summed E-state index contributed by atoms with van der Waals surface area (Å²) in [5.74, 6) is -2.53. The number of carbonyl (C=O) groups excluding carboxylic acids is 1. The minimum absolute atomic E-state index is 0.00205. The Morgan fingerprint density at radius 1 is 1.45 bits per heavy atom. The summed E-state index contributed by atoms with van der Waals surface area (Å²) >= 11 is 0. The van der Waals surface area contributed by atoms with Crippen LogP contribution in [0, 0.1) is 5.82 Å². The summed E-state index contributed by atoms with van der Waals surface area (Å²) in [6.07, 6.45) is -0.914. The molecule has 1 fully saturated rings. The Balaban J connectivity index is 2.26. The summed E-state index contributed by atoms with van der Waals surface area (Å²) in [4.78, 5) is 24.3. The molecule has 1 saturated heterocycles. The maximum atomic E-state index is 13.6. The third-order valence-electron chi connectivity index (χ3n) is 3.22. The van der Waals surface area contributed by atoms with Crippen LogP contribution in [0.4, 0.5) is 4.39 Å². The number of carboxylic acid groups (broad SMARTS) is 1. The molecule has 1 aromatic rings. The van der Waals surface area contributed by atoms with Crippen molar-refractivity contribution in [3.05, 3.63) is 29.6 Å². The Bertz CT molecular complexity index is 548. The number of rotatable bonds is 3. The van der Waals surface area contributed by atoms with Crippen LogP contribution >= 0.6 is 0 Å². The van der Waals surface area contributed by atoms with E-state index >= 15 is 0 Å². The van der Waals surface area contributed by atoms with Crippen molar-refractivity contribution in [3.63, 3.8) is 0 Å². The molecule has 1 aliphatic heterocycles. The number of likely N-dealkylation sites (tertiary alicyclic amines) is 1. The fourth-order valence-corrected chi connectivity index (χ4v) is 2.24. The van der Waals surface area contributed by atoms with Gasteiger partial charge in [0, 0.05) is 18.5 Å². The summed E-state index contributed by atoms with van der Waals surface area (Å²) in [7, 11) is 1.30. The van der Waals surface area contributed by atoms with Gasteiger partial charge in [-0.1, -0.05) is 0 Å². The van der Waals surface area contributed by atoms with Crippen molar-refractivity contribution in [3.8, 4) is 5.75 Å². The van der Waals surface area contributed by atoms with Crippen LogP contribution in [0.2, 0.25) is 0 Å². The van der Waals surface area contributed by atoms with E-state index in [9.17, 15) is 19.1 Å². The van der Waals surface area contributed by atoms with Crippen molar-refractivity contribution in [2.24, 2.45) is 0 Å². The Labute approximate surface area is 114 Å². The number of hydrogen-bond acceptors (Lipinski definition) is 4. The number of carboxylic acids is 1. The van der Waals surface area contributed by atoms with E-state index in [0.717, 1.165) is 11.0 Å². The smallest absolute Gasteiger partial charge is 0.326 e. The average Bonchev–Trinajstić information content (AvgIpc) is 2.80. The molecule has 1 amide bonds. The zero-order valence-corrected chi connectivity index (χ0v) is 10.7. The zero-order valence-electron chi connectivity index (χ0n) is 10.7. The maximum Gasteiger partial charge on any atom is 0.326 e. The van der Waals surface area contributed by atoms with Crippen LogP contribution in [0.15, 0.2) is 18.2 Å². The molecule has 0 radical (unpaired) electrons. The van der Waals surface area contributed by atoms with E-state index in [2.05, 4.69) is 0 Å². The summed E-state index contributed by atoms with van der Waals surface area (Å²) in [6, 6.07) is 2.55. The van der Waals surface area contributed by atoms with Gasteiger partial charge in [-0.05, 0) is 18.2 Å². The molecule has 0 saturated carbocycles. The number of benzene rings is 1. The molecular weight excluding hydrogens is 269 g/mol. The number of aliphatic carboxylic acids is 1. The molecule has 20 heavy (non-hydrogen) atoms. The normalized spacial score (nSPS) is 21.9. The lowest BCUT2D eigenvalue weighted by Gasteiger charge is -2.21. The first-order chi connectivity index (χ1) is 9.43. The molecule has 2 N–H and O–H groups in total. The molecule has 1 aliphatic rings. The van der Waals surface area contributed by atoms with E-state index in [1.165, 1.54) is 19.2 Å². The van der Waals surface area contributed by atoms with Crippen LogP contribution in [0.3, 0.4) is 0 Å². The Morgan fingerprint density at radius 3 is 2.70 bits per heavy atom. The largest absolute Gasteiger partial charge is 0.494 e. The molecule has 0 aromatic heterocycles. The van der Waals surface area contributed by atoms with Gasteiger partial charge in [-0.25, -0.2) is 9.18 Å². The lowest BCUT2D eigenvalue weighted by molar-refractivity contribution is -0.141. The van der Waals surface area contributed by atoms with Gasteiger partial charge in [0.25, 0.3) is 5.91 Å². The van der Waals surface area contributed by atoms with Crippen LogP contribution in [0.25, 0.3) is 0 Å². The van der Waals surface area contributed by atoms with E-state index < -0.39 is 29.8 Å². The quantitative estimate of drug-likeness (QED) is 0.843. The third-order valence-corrected chi connectivity index (χ3v) is 3.22.